The maximum absolute atomic E-state index is 13.3. The van der Waals surface area contributed by atoms with E-state index in [1.54, 1.807) is 4.90 Å². The van der Waals surface area contributed by atoms with Crippen molar-refractivity contribution in [1.82, 2.24) is 10.2 Å². The van der Waals surface area contributed by atoms with Gasteiger partial charge in [-0.25, -0.2) is 4.79 Å². The Morgan fingerprint density at radius 2 is 1.69 bits per heavy atom. The monoisotopic (exact) mass is 476 g/mol. The van der Waals surface area contributed by atoms with Crippen molar-refractivity contribution in [3.05, 3.63) is 59.7 Å². The largest absolute Gasteiger partial charge is 0.481 e. The zero-order chi connectivity index (χ0) is 24.6. The topological polar surface area (TPSA) is 95.9 Å². The van der Waals surface area contributed by atoms with Gasteiger partial charge in [0.25, 0.3) is 0 Å². The second-order valence-corrected chi connectivity index (χ2v) is 10.3. The standard InChI is InChI=1S/C28H32N2O5/c1-28(14-7-6-12-24(28)25(31)30-15-13-18(16-30)26(32)33)29-27(34)35-17-23-21-10-4-2-8-19(21)20-9-3-5-11-22(20)23/h2-5,8-11,18,23-24H,6-7,12-17H2,1H3,(H,29,34)(H,32,33). The molecule has 1 saturated heterocycles. The van der Waals surface area contributed by atoms with Crippen molar-refractivity contribution < 1.29 is 24.2 Å². The summed E-state index contributed by atoms with van der Waals surface area (Å²) in [5.41, 5.74) is 3.93. The van der Waals surface area contributed by atoms with Gasteiger partial charge in [0.2, 0.25) is 5.91 Å². The molecule has 2 aromatic carbocycles. The molecule has 1 saturated carbocycles. The zero-order valence-electron chi connectivity index (χ0n) is 20.0. The highest BCUT2D eigenvalue weighted by Crippen LogP contribution is 2.44. The molecule has 2 aliphatic carbocycles. The van der Waals surface area contributed by atoms with Gasteiger partial charge in [0.05, 0.1) is 17.4 Å². The Bertz CT molecular complexity index is 1100. The quantitative estimate of drug-likeness (QED) is 0.667. The molecule has 0 spiro atoms. The summed E-state index contributed by atoms with van der Waals surface area (Å²) in [4.78, 5) is 39.3. The minimum Gasteiger partial charge on any atom is -0.481 e. The summed E-state index contributed by atoms with van der Waals surface area (Å²) in [6, 6.07) is 16.4. The number of likely N-dealkylation sites (tertiary alicyclic amines) is 1. The van der Waals surface area contributed by atoms with E-state index in [-0.39, 0.29) is 30.9 Å². The first-order valence-electron chi connectivity index (χ1n) is 12.5. The number of fused-ring (bicyclic) bond motifs is 3. The Morgan fingerprint density at radius 3 is 2.31 bits per heavy atom. The molecule has 2 N–H and O–H groups in total. The lowest BCUT2D eigenvalue weighted by molar-refractivity contribution is -0.142. The first kappa shape index (κ1) is 23.4. The van der Waals surface area contributed by atoms with E-state index in [2.05, 4.69) is 29.6 Å². The fourth-order valence-electron chi connectivity index (χ4n) is 6.13. The maximum Gasteiger partial charge on any atom is 0.407 e. The van der Waals surface area contributed by atoms with Gasteiger partial charge in [-0.05, 0) is 48.4 Å². The Morgan fingerprint density at radius 1 is 1.03 bits per heavy atom. The van der Waals surface area contributed by atoms with Crippen molar-refractivity contribution >= 4 is 18.0 Å². The van der Waals surface area contributed by atoms with Gasteiger partial charge in [-0.15, -0.1) is 0 Å². The van der Waals surface area contributed by atoms with Crippen molar-refractivity contribution in [3.63, 3.8) is 0 Å². The molecule has 2 fully saturated rings. The third-order valence-corrected chi connectivity index (χ3v) is 8.09. The highest BCUT2D eigenvalue weighted by molar-refractivity contribution is 5.83. The molecule has 35 heavy (non-hydrogen) atoms. The molecule has 184 valence electrons. The van der Waals surface area contributed by atoms with Crippen LogP contribution >= 0.6 is 0 Å². The highest BCUT2D eigenvalue weighted by Gasteiger charge is 2.45. The van der Waals surface area contributed by atoms with Crippen LogP contribution in [0.5, 0.6) is 0 Å². The number of alkyl carbamates (subject to hydrolysis) is 1. The minimum atomic E-state index is -0.858. The number of rotatable bonds is 5. The Kier molecular flexibility index (Phi) is 6.26. The van der Waals surface area contributed by atoms with E-state index < -0.39 is 23.5 Å². The average Bonchev–Trinajstić information content (AvgIpc) is 3.46. The van der Waals surface area contributed by atoms with E-state index in [9.17, 15) is 19.5 Å². The van der Waals surface area contributed by atoms with Crippen LogP contribution in [0.15, 0.2) is 48.5 Å². The van der Waals surface area contributed by atoms with Crippen LogP contribution in [0.4, 0.5) is 4.79 Å². The van der Waals surface area contributed by atoms with Crippen LogP contribution in [0, 0.1) is 11.8 Å². The lowest BCUT2D eigenvalue weighted by Gasteiger charge is -2.42. The molecule has 2 amide bonds. The summed E-state index contributed by atoms with van der Waals surface area (Å²) in [5, 5.41) is 12.3. The summed E-state index contributed by atoms with van der Waals surface area (Å²) in [6.45, 7) is 2.83. The molecule has 5 rings (SSSR count). The number of benzene rings is 2. The summed E-state index contributed by atoms with van der Waals surface area (Å²) in [7, 11) is 0. The predicted octanol–water partition coefficient (Wildman–Crippen LogP) is 4.41. The number of nitrogens with one attached hydrogen (secondary N) is 1. The number of carbonyl (C=O) groups excluding carboxylic acids is 2. The van der Waals surface area contributed by atoms with E-state index in [1.165, 1.54) is 11.1 Å². The van der Waals surface area contributed by atoms with E-state index in [4.69, 9.17) is 4.74 Å². The number of carbonyl (C=O) groups is 3. The number of hydrogen-bond donors (Lipinski definition) is 2. The number of carboxylic acids is 1. The van der Waals surface area contributed by atoms with Gasteiger partial charge in [0, 0.05) is 19.0 Å². The van der Waals surface area contributed by atoms with Gasteiger partial charge in [-0.3, -0.25) is 9.59 Å². The summed E-state index contributed by atoms with van der Waals surface area (Å²) in [6.07, 6.45) is 3.15. The first-order chi connectivity index (χ1) is 16.9. The Balaban J connectivity index is 1.26. The molecule has 1 aliphatic heterocycles. The predicted molar refractivity (Wildman–Crippen MR) is 131 cm³/mol. The van der Waals surface area contributed by atoms with Crippen LogP contribution in [-0.2, 0) is 14.3 Å². The first-order valence-corrected chi connectivity index (χ1v) is 12.5. The molecule has 0 radical (unpaired) electrons. The number of hydrogen-bond acceptors (Lipinski definition) is 4. The van der Waals surface area contributed by atoms with E-state index in [0.717, 1.165) is 24.0 Å². The van der Waals surface area contributed by atoms with E-state index in [0.29, 0.717) is 25.8 Å². The fraction of sp³-hybridized carbons (Fsp3) is 0.464. The zero-order valence-corrected chi connectivity index (χ0v) is 20.0. The normalized spacial score (nSPS) is 25.6. The Labute approximate surface area is 205 Å². The molecule has 1 heterocycles. The molecule has 0 bridgehead atoms. The van der Waals surface area contributed by atoms with Crippen LogP contribution in [0.25, 0.3) is 11.1 Å². The van der Waals surface area contributed by atoms with Crippen LogP contribution in [0.3, 0.4) is 0 Å². The summed E-state index contributed by atoms with van der Waals surface area (Å²) >= 11 is 0. The van der Waals surface area contributed by atoms with Crippen LogP contribution < -0.4 is 5.32 Å². The van der Waals surface area contributed by atoms with Crippen molar-refractivity contribution in [3.8, 4) is 11.1 Å². The molecule has 3 unspecified atom stereocenters. The second kappa shape index (κ2) is 9.36. The van der Waals surface area contributed by atoms with E-state index >= 15 is 0 Å². The molecule has 3 atom stereocenters. The SMILES string of the molecule is CC1(NC(=O)OCC2c3ccccc3-c3ccccc32)CCCCC1C(=O)N1CCC(C(=O)O)C1. The molecule has 7 heteroatoms. The molecule has 3 aliphatic rings. The van der Waals surface area contributed by atoms with Crippen molar-refractivity contribution in [2.24, 2.45) is 11.8 Å². The molecular formula is C28H32N2O5. The molecule has 2 aromatic rings. The third kappa shape index (κ3) is 4.40. The van der Waals surface area contributed by atoms with Crippen LogP contribution in [-0.4, -0.2) is 53.2 Å². The number of ether oxygens (including phenoxy) is 1. The van der Waals surface area contributed by atoms with Crippen LogP contribution in [0.1, 0.15) is 56.1 Å². The van der Waals surface area contributed by atoms with Crippen molar-refractivity contribution in [1.29, 1.82) is 0 Å². The smallest absolute Gasteiger partial charge is 0.407 e. The van der Waals surface area contributed by atoms with Gasteiger partial charge in [-0.1, -0.05) is 61.4 Å². The van der Waals surface area contributed by atoms with Crippen LogP contribution in [0.2, 0.25) is 0 Å². The minimum absolute atomic E-state index is 0.0257. The van der Waals surface area contributed by atoms with Crippen molar-refractivity contribution in [2.45, 2.75) is 50.5 Å². The fourth-order valence-corrected chi connectivity index (χ4v) is 6.13. The Hall–Kier alpha value is -3.35. The second-order valence-electron chi connectivity index (χ2n) is 10.3. The maximum atomic E-state index is 13.3. The summed E-state index contributed by atoms with van der Waals surface area (Å²) < 4.78 is 5.76. The van der Waals surface area contributed by atoms with Gasteiger partial charge < -0.3 is 20.1 Å². The van der Waals surface area contributed by atoms with Crippen molar-refractivity contribution in [2.75, 3.05) is 19.7 Å². The molecular weight excluding hydrogens is 444 g/mol. The molecule has 0 aromatic heterocycles. The summed E-state index contributed by atoms with van der Waals surface area (Å²) in [5.74, 6) is -1.84. The number of carboxylic acid groups (broad SMARTS) is 1. The lowest BCUT2D eigenvalue weighted by Crippen LogP contribution is -2.58. The number of nitrogens with zero attached hydrogens (tertiary/aromatic N) is 1. The average molecular weight is 477 g/mol. The lowest BCUT2D eigenvalue weighted by atomic mass is 9.73. The number of aliphatic carboxylic acids is 1. The van der Waals surface area contributed by atoms with Gasteiger partial charge in [0.1, 0.15) is 6.61 Å². The number of amides is 2. The third-order valence-electron chi connectivity index (χ3n) is 8.09. The van der Waals surface area contributed by atoms with Gasteiger partial charge in [-0.2, -0.15) is 0 Å². The highest BCUT2D eigenvalue weighted by atomic mass is 16.5. The van der Waals surface area contributed by atoms with Gasteiger partial charge >= 0.3 is 12.1 Å². The molecule has 7 nitrogen and oxygen atoms in total. The van der Waals surface area contributed by atoms with E-state index in [1.807, 2.05) is 31.2 Å². The van der Waals surface area contributed by atoms with Gasteiger partial charge in [0.15, 0.2) is 0 Å².